The van der Waals surface area contributed by atoms with E-state index in [1.807, 2.05) is 10.4 Å². The second-order valence-corrected chi connectivity index (χ2v) is 24.8. The molecule has 0 saturated carbocycles. The summed E-state index contributed by atoms with van der Waals surface area (Å²) in [6.45, 7) is 5.09. The van der Waals surface area contributed by atoms with E-state index in [4.69, 9.17) is 0 Å². The first-order chi connectivity index (χ1) is 7.45. The minimum atomic E-state index is -2.02. The van der Waals surface area contributed by atoms with E-state index in [0.29, 0.717) is 0 Å². The van der Waals surface area contributed by atoms with E-state index in [1.165, 1.54) is 0 Å². The standard InChI is InChI=1S/C12H14Si.2CH3.Sn/c1-13(2,11-7-3-4-8-11)12-9-5-6-10-12;;;/h3-10H,1-2H3;2*1H3;. The summed E-state index contributed by atoms with van der Waals surface area (Å²) < 4.78 is 1.78. The van der Waals surface area contributed by atoms with E-state index < -0.39 is 26.5 Å². The van der Waals surface area contributed by atoms with Crippen LogP contribution in [-0.4, -0.2) is 26.5 Å². The fraction of sp³-hybridized carbons (Fsp3) is 0.429. The molecule has 0 amide bonds. The molecule has 1 saturated heterocycles. The topological polar surface area (TPSA) is 0 Å². The Kier molecular flexibility index (Phi) is 2.26. The van der Waals surface area contributed by atoms with Gasteiger partial charge in [0, 0.05) is 0 Å². The zero-order valence-corrected chi connectivity index (χ0v) is 14.5. The molecule has 0 spiro atoms. The summed E-state index contributed by atoms with van der Waals surface area (Å²) in [7, 11) is -1.29. The first-order valence-corrected chi connectivity index (χ1v) is 18.2. The van der Waals surface area contributed by atoms with Gasteiger partial charge in [0.25, 0.3) is 0 Å². The molecule has 0 aromatic heterocycles. The molecule has 0 radical (unpaired) electrons. The van der Waals surface area contributed by atoms with Gasteiger partial charge in [-0.05, 0) is 0 Å². The molecular weight excluding hydrogens is 315 g/mol. The molecule has 1 heterocycles. The third-order valence-electron chi connectivity index (χ3n) is 4.88. The molecule has 0 bridgehead atoms. The van der Waals surface area contributed by atoms with Crippen LogP contribution in [0, 0.1) is 0 Å². The monoisotopic (exact) mass is 336 g/mol. The molecule has 0 nitrogen and oxygen atoms in total. The Morgan fingerprint density at radius 3 is 1.81 bits per heavy atom. The third kappa shape index (κ3) is 1.22. The quantitative estimate of drug-likeness (QED) is 0.581. The molecule has 0 aromatic rings. The summed E-state index contributed by atoms with van der Waals surface area (Å²) in [4.78, 5) is 5.28. The third-order valence-corrected chi connectivity index (χ3v) is 22.4. The summed E-state index contributed by atoms with van der Waals surface area (Å²) >= 11 is -2.02. The normalized spacial score (nSPS) is 36.8. The number of rotatable bonds is 0. The predicted octanol–water partition coefficient (Wildman–Crippen LogP) is 4.23. The molecule has 2 atom stereocenters. The molecule has 3 rings (SSSR count). The van der Waals surface area contributed by atoms with Crippen molar-refractivity contribution < 1.29 is 0 Å². The molecule has 2 heteroatoms. The molecule has 16 heavy (non-hydrogen) atoms. The number of fused-ring (bicyclic) bond motifs is 2. The Morgan fingerprint density at radius 1 is 0.938 bits per heavy atom. The van der Waals surface area contributed by atoms with Gasteiger partial charge in [0.2, 0.25) is 0 Å². The maximum absolute atomic E-state index is 2.64. The van der Waals surface area contributed by atoms with Gasteiger partial charge in [0.05, 0.1) is 0 Å². The van der Waals surface area contributed by atoms with Crippen LogP contribution in [0.1, 0.15) is 0 Å². The summed E-state index contributed by atoms with van der Waals surface area (Å²) in [5.41, 5.74) is 0. The SMILES string of the molecule is C[Si]1(C)C2=CC=C[CH]2[Sn]([CH3])([CH3])[CH]2C=CC=C21. The second kappa shape index (κ2) is 3.26. The van der Waals surface area contributed by atoms with Gasteiger partial charge in [-0.3, -0.25) is 0 Å². The molecule has 84 valence electrons. The van der Waals surface area contributed by atoms with Crippen molar-refractivity contribution in [2.24, 2.45) is 0 Å². The van der Waals surface area contributed by atoms with Crippen LogP contribution < -0.4 is 0 Å². The van der Waals surface area contributed by atoms with Crippen molar-refractivity contribution in [3.63, 3.8) is 0 Å². The van der Waals surface area contributed by atoms with Crippen LogP contribution >= 0.6 is 0 Å². The van der Waals surface area contributed by atoms with Crippen LogP contribution in [-0.2, 0) is 0 Å². The first kappa shape index (κ1) is 11.1. The van der Waals surface area contributed by atoms with Gasteiger partial charge < -0.3 is 0 Å². The maximum atomic E-state index is 2.64. The van der Waals surface area contributed by atoms with Crippen molar-refractivity contribution in [2.45, 2.75) is 30.8 Å². The van der Waals surface area contributed by atoms with Crippen molar-refractivity contribution >= 4 is 26.5 Å². The molecular formula is C14H20SiSn. The van der Waals surface area contributed by atoms with Crippen molar-refractivity contribution in [3.8, 4) is 0 Å². The van der Waals surface area contributed by atoms with Crippen molar-refractivity contribution in [1.82, 2.24) is 0 Å². The van der Waals surface area contributed by atoms with Crippen LogP contribution in [0.15, 0.2) is 46.8 Å². The number of hydrogen-bond acceptors (Lipinski definition) is 0. The van der Waals surface area contributed by atoms with Gasteiger partial charge in [-0.1, -0.05) is 0 Å². The Hall–Kier alpha value is -0.0244. The Balaban J connectivity index is 2.19. The minimum absolute atomic E-state index is 0.890. The average Bonchev–Trinajstić information content (AvgIpc) is 2.86. The van der Waals surface area contributed by atoms with Crippen LogP contribution in [0.4, 0.5) is 0 Å². The van der Waals surface area contributed by atoms with Gasteiger partial charge in [-0.25, -0.2) is 0 Å². The fourth-order valence-electron chi connectivity index (χ4n) is 3.81. The average molecular weight is 335 g/mol. The van der Waals surface area contributed by atoms with Gasteiger partial charge >= 0.3 is 104 Å². The van der Waals surface area contributed by atoms with Crippen molar-refractivity contribution in [2.75, 3.05) is 0 Å². The van der Waals surface area contributed by atoms with Crippen molar-refractivity contribution in [3.05, 3.63) is 46.8 Å². The van der Waals surface area contributed by atoms with Gasteiger partial charge in [-0.15, -0.1) is 0 Å². The zero-order chi connectivity index (χ0) is 11.6. The Morgan fingerprint density at radius 2 is 1.38 bits per heavy atom. The Bertz CT molecular complexity index is 423. The number of allylic oxidation sites excluding steroid dienone is 8. The van der Waals surface area contributed by atoms with E-state index in [-0.39, 0.29) is 0 Å². The van der Waals surface area contributed by atoms with E-state index in [2.05, 4.69) is 59.4 Å². The molecule has 0 N–H and O–H groups in total. The summed E-state index contributed by atoms with van der Waals surface area (Å²) in [5.74, 6) is 0. The fourth-order valence-corrected chi connectivity index (χ4v) is 27.8. The number of hydrogen-bond donors (Lipinski definition) is 0. The van der Waals surface area contributed by atoms with E-state index in [9.17, 15) is 0 Å². The molecule has 2 aliphatic carbocycles. The van der Waals surface area contributed by atoms with Crippen LogP contribution in [0.25, 0.3) is 0 Å². The second-order valence-electron chi connectivity index (χ2n) is 6.42. The Labute approximate surface area is 104 Å². The summed E-state index contributed by atoms with van der Waals surface area (Å²) in [5, 5.41) is 3.67. The zero-order valence-electron chi connectivity index (χ0n) is 10.6. The molecule has 3 aliphatic rings. The molecule has 0 aromatic carbocycles. The molecule has 1 aliphatic heterocycles. The summed E-state index contributed by atoms with van der Waals surface area (Å²) in [6.07, 6.45) is 14.6. The predicted molar refractivity (Wildman–Crippen MR) is 76.9 cm³/mol. The van der Waals surface area contributed by atoms with E-state index in [1.54, 1.807) is 0 Å². The summed E-state index contributed by atoms with van der Waals surface area (Å²) in [6, 6.07) is 0. The van der Waals surface area contributed by atoms with Crippen molar-refractivity contribution in [1.29, 1.82) is 0 Å². The van der Waals surface area contributed by atoms with Crippen LogP contribution in [0.2, 0.25) is 30.8 Å². The van der Waals surface area contributed by atoms with Crippen LogP contribution in [0.3, 0.4) is 0 Å². The van der Waals surface area contributed by atoms with Gasteiger partial charge in [0.1, 0.15) is 0 Å². The first-order valence-electron chi connectivity index (χ1n) is 6.23. The van der Waals surface area contributed by atoms with Crippen LogP contribution in [0.5, 0.6) is 0 Å². The van der Waals surface area contributed by atoms with Gasteiger partial charge in [-0.2, -0.15) is 0 Å². The molecule has 2 unspecified atom stereocenters. The molecule has 1 fully saturated rings. The van der Waals surface area contributed by atoms with Gasteiger partial charge in [0.15, 0.2) is 0 Å². The van der Waals surface area contributed by atoms with E-state index >= 15 is 0 Å². The van der Waals surface area contributed by atoms with E-state index in [0.717, 1.165) is 7.87 Å².